The summed E-state index contributed by atoms with van der Waals surface area (Å²) in [5.41, 5.74) is 2.58. The Hall–Kier alpha value is -0.560. The molecular formula is C9H10ClF. The van der Waals surface area contributed by atoms with Crippen LogP contribution in [0.5, 0.6) is 0 Å². The number of alkyl halides is 1. The van der Waals surface area contributed by atoms with Crippen molar-refractivity contribution in [1.82, 2.24) is 0 Å². The van der Waals surface area contributed by atoms with Crippen molar-refractivity contribution in [3.63, 3.8) is 0 Å². The average molecular weight is 173 g/mol. The number of aryl methyl sites for hydroxylation is 2. The van der Waals surface area contributed by atoms with Gasteiger partial charge in [-0.05, 0) is 36.6 Å². The Balaban J connectivity index is 3.21. The maximum atomic E-state index is 12.9. The first-order chi connectivity index (χ1) is 5.15. The molecule has 0 aliphatic heterocycles. The molecular weight excluding hydrogens is 163 g/mol. The van der Waals surface area contributed by atoms with Crippen LogP contribution in [0.2, 0.25) is 0 Å². The normalized spacial score (nSPS) is 10.2. The van der Waals surface area contributed by atoms with Crippen LogP contribution in [-0.2, 0) is 5.88 Å². The van der Waals surface area contributed by atoms with E-state index in [1.54, 1.807) is 13.0 Å². The van der Waals surface area contributed by atoms with Crippen molar-refractivity contribution in [1.29, 1.82) is 0 Å². The summed E-state index contributed by atoms with van der Waals surface area (Å²) in [6, 6.07) is 3.31. The second-order valence-corrected chi connectivity index (χ2v) is 2.93. The first kappa shape index (κ1) is 8.54. The summed E-state index contributed by atoms with van der Waals surface area (Å²) in [6.45, 7) is 3.60. The highest BCUT2D eigenvalue weighted by Crippen LogP contribution is 2.15. The largest absolute Gasteiger partial charge is 0.207 e. The Bertz CT molecular complexity index is 269. The van der Waals surface area contributed by atoms with Gasteiger partial charge in [-0.3, -0.25) is 0 Å². The number of hydrogen-bond donors (Lipinski definition) is 0. The van der Waals surface area contributed by atoms with Gasteiger partial charge in [-0.2, -0.15) is 0 Å². The number of rotatable bonds is 1. The van der Waals surface area contributed by atoms with Crippen molar-refractivity contribution in [3.8, 4) is 0 Å². The molecule has 0 aromatic heterocycles. The highest BCUT2D eigenvalue weighted by Gasteiger charge is 2.01. The molecule has 0 aliphatic rings. The molecule has 0 saturated heterocycles. The molecule has 1 rings (SSSR count). The molecule has 0 amide bonds. The smallest absolute Gasteiger partial charge is 0.126 e. The Morgan fingerprint density at radius 2 is 1.91 bits per heavy atom. The van der Waals surface area contributed by atoms with E-state index in [1.807, 2.05) is 6.92 Å². The Kier molecular flexibility index (Phi) is 2.50. The summed E-state index contributed by atoms with van der Waals surface area (Å²) in [4.78, 5) is 0. The monoisotopic (exact) mass is 172 g/mol. The summed E-state index contributed by atoms with van der Waals surface area (Å²) in [5, 5.41) is 0. The molecule has 0 spiro atoms. The van der Waals surface area contributed by atoms with E-state index in [9.17, 15) is 4.39 Å². The lowest BCUT2D eigenvalue weighted by atomic mass is 10.1. The van der Waals surface area contributed by atoms with E-state index in [0.29, 0.717) is 11.4 Å². The highest BCUT2D eigenvalue weighted by molar-refractivity contribution is 6.17. The van der Waals surface area contributed by atoms with Crippen LogP contribution >= 0.6 is 11.6 Å². The van der Waals surface area contributed by atoms with Gasteiger partial charge in [0.15, 0.2) is 0 Å². The fourth-order valence-electron chi connectivity index (χ4n) is 0.985. The molecule has 0 atom stereocenters. The zero-order chi connectivity index (χ0) is 8.43. The van der Waals surface area contributed by atoms with Crippen LogP contribution in [-0.4, -0.2) is 0 Å². The standard InChI is InChI=1S/C9H10ClF/c1-6-4-9(11)7(2)3-8(6)5-10/h3-4H,5H2,1-2H3. The van der Waals surface area contributed by atoms with Crippen molar-refractivity contribution in [2.24, 2.45) is 0 Å². The van der Waals surface area contributed by atoms with Crippen LogP contribution in [0.15, 0.2) is 12.1 Å². The molecule has 0 N–H and O–H groups in total. The zero-order valence-corrected chi connectivity index (χ0v) is 7.37. The molecule has 0 radical (unpaired) electrons. The quantitative estimate of drug-likeness (QED) is 0.571. The molecule has 1 aromatic rings. The lowest BCUT2D eigenvalue weighted by Gasteiger charge is -2.03. The molecule has 0 fully saturated rings. The summed E-state index contributed by atoms with van der Waals surface area (Å²) in [6.07, 6.45) is 0. The minimum absolute atomic E-state index is 0.156. The predicted octanol–water partition coefficient (Wildman–Crippen LogP) is 3.18. The Morgan fingerprint density at radius 1 is 1.27 bits per heavy atom. The van der Waals surface area contributed by atoms with Gasteiger partial charge in [0.25, 0.3) is 0 Å². The third-order valence-electron chi connectivity index (χ3n) is 1.76. The second-order valence-electron chi connectivity index (χ2n) is 2.66. The zero-order valence-electron chi connectivity index (χ0n) is 6.62. The molecule has 0 saturated carbocycles. The van der Waals surface area contributed by atoms with Crippen LogP contribution < -0.4 is 0 Å². The van der Waals surface area contributed by atoms with Crippen LogP contribution in [0.3, 0.4) is 0 Å². The van der Waals surface area contributed by atoms with Gasteiger partial charge in [0, 0.05) is 5.88 Å². The molecule has 0 nitrogen and oxygen atoms in total. The van der Waals surface area contributed by atoms with E-state index in [0.717, 1.165) is 11.1 Å². The van der Waals surface area contributed by atoms with Crippen LogP contribution in [0, 0.1) is 19.7 Å². The maximum absolute atomic E-state index is 12.9. The van der Waals surface area contributed by atoms with Crippen LogP contribution in [0.1, 0.15) is 16.7 Å². The number of hydrogen-bond acceptors (Lipinski definition) is 0. The molecule has 0 bridgehead atoms. The van der Waals surface area contributed by atoms with Gasteiger partial charge in [-0.25, -0.2) is 4.39 Å². The first-order valence-electron chi connectivity index (χ1n) is 3.46. The molecule has 0 unspecified atom stereocenters. The van der Waals surface area contributed by atoms with E-state index in [2.05, 4.69) is 0 Å². The average Bonchev–Trinajstić information content (AvgIpc) is 1.97. The van der Waals surface area contributed by atoms with Gasteiger partial charge >= 0.3 is 0 Å². The van der Waals surface area contributed by atoms with Crippen molar-refractivity contribution in [3.05, 3.63) is 34.6 Å². The molecule has 2 heteroatoms. The van der Waals surface area contributed by atoms with E-state index >= 15 is 0 Å². The number of halogens is 2. The van der Waals surface area contributed by atoms with Gasteiger partial charge < -0.3 is 0 Å². The fourth-order valence-corrected chi connectivity index (χ4v) is 1.27. The van der Waals surface area contributed by atoms with Crippen molar-refractivity contribution in [2.75, 3.05) is 0 Å². The van der Waals surface area contributed by atoms with Crippen LogP contribution in [0.25, 0.3) is 0 Å². The van der Waals surface area contributed by atoms with Crippen molar-refractivity contribution < 1.29 is 4.39 Å². The lowest BCUT2D eigenvalue weighted by molar-refractivity contribution is 0.616. The molecule has 11 heavy (non-hydrogen) atoms. The lowest BCUT2D eigenvalue weighted by Crippen LogP contribution is -1.90. The first-order valence-corrected chi connectivity index (χ1v) is 4.00. The molecule has 0 aliphatic carbocycles. The van der Waals surface area contributed by atoms with Gasteiger partial charge in [-0.15, -0.1) is 11.6 Å². The third-order valence-corrected chi connectivity index (χ3v) is 2.05. The maximum Gasteiger partial charge on any atom is 0.126 e. The number of benzene rings is 1. The fraction of sp³-hybridized carbons (Fsp3) is 0.333. The minimum Gasteiger partial charge on any atom is -0.207 e. The van der Waals surface area contributed by atoms with Crippen molar-refractivity contribution in [2.45, 2.75) is 19.7 Å². The van der Waals surface area contributed by atoms with Gasteiger partial charge in [0.1, 0.15) is 5.82 Å². The van der Waals surface area contributed by atoms with E-state index in [4.69, 9.17) is 11.6 Å². The van der Waals surface area contributed by atoms with E-state index in [-0.39, 0.29) is 5.82 Å². The summed E-state index contributed by atoms with van der Waals surface area (Å²) in [5.74, 6) is 0.295. The van der Waals surface area contributed by atoms with Crippen LogP contribution in [0.4, 0.5) is 4.39 Å². The SMILES string of the molecule is Cc1cc(CCl)c(C)cc1F. The predicted molar refractivity (Wildman–Crippen MR) is 45.4 cm³/mol. The third kappa shape index (κ3) is 1.72. The van der Waals surface area contributed by atoms with Crippen molar-refractivity contribution >= 4 is 11.6 Å². The molecule has 1 aromatic carbocycles. The summed E-state index contributed by atoms with van der Waals surface area (Å²) >= 11 is 5.63. The topological polar surface area (TPSA) is 0 Å². The van der Waals surface area contributed by atoms with Gasteiger partial charge in [-0.1, -0.05) is 6.07 Å². The minimum atomic E-state index is -0.156. The summed E-state index contributed by atoms with van der Waals surface area (Å²) < 4.78 is 12.9. The Morgan fingerprint density at radius 3 is 2.45 bits per heavy atom. The molecule has 60 valence electrons. The highest BCUT2D eigenvalue weighted by atomic mass is 35.5. The van der Waals surface area contributed by atoms with Gasteiger partial charge in [0.2, 0.25) is 0 Å². The second kappa shape index (κ2) is 3.22. The Labute approximate surface area is 71.0 Å². The summed E-state index contributed by atoms with van der Waals surface area (Å²) in [7, 11) is 0. The van der Waals surface area contributed by atoms with E-state index in [1.165, 1.54) is 6.07 Å². The van der Waals surface area contributed by atoms with E-state index < -0.39 is 0 Å². The van der Waals surface area contributed by atoms with Gasteiger partial charge in [0.05, 0.1) is 0 Å². The molecule has 0 heterocycles.